The van der Waals surface area contributed by atoms with E-state index >= 15 is 0 Å². The molecule has 6 heteroatoms. The summed E-state index contributed by atoms with van der Waals surface area (Å²) in [6.07, 6.45) is 1.73. The summed E-state index contributed by atoms with van der Waals surface area (Å²) in [5.41, 5.74) is 1.92. The molecule has 6 nitrogen and oxygen atoms in total. The van der Waals surface area contributed by atoms with Crippen LogP contribution in [0.3, 0.4) is 0 Å². The molecular weight excluding hydrogens is 252 g/mol. The van der Waals surface area contributed by atoms with Gasteiger partial charge in [-0.25, -0.2) is 0 Å². The highest BCUT2D eigenvalue weighted by Crippen LogP contribution is 2.24. The maximum atomic E-state index is 4.46. The molecule has 0 saturated heterocycles. The summed E-state index contributed by atoms with van der Waals surface area (Å²) < 4.78 is 0. The molecular formula is C14H16N6. The Morgan fingerprint density at radius 1 is 1.15 bits per heavy atom. The first-order valence-electron chi connectivity index (χ1n) is 6.48. The number of H-pyrrole nitrogens is 1. The van der Waals surface area contributed by atoms with E-state index in [0.29, 0.717) is 11.6 Å². The van der Waals surface area contributed by atoms with Gasteiger partial charge in [0.05, 0.1) is 11.6 Å². The topological polar surface area (TPSA) is 78.5 Å². The maximum Gasteiger partial charge on any atom is 0.226 e. The molecule has 0 saturated carbocycles. The van der Waals surface area contributed by atoms with Crippen molar-refractivity contribution in [2.24, 2.45) is 0 Å². The third-order valence-corrected chi connectivity index (χ3v) is 3.19. The largest absolute Gasteiger partial charge is 0.363 e. The van der Waals surface area contributed by atoms with Gasteiger partial charge in [-0.05, 0) is 12.5 Å². The van der Waals surface area contributed by atoms with Crippen molar-refractivity contribution in [3.8, 4) is 0 Å². The summed E-state index contributed by atoms with van der Waals surface area (Å²) in [6, 6.07) is 10.4. The normalized spacial score (nSPS) is 12.3. The molecule has 0 aliphatic carbocycles. The lowest BCUT2D eigenvalue weighted by Crippen LogP contribution is -2.09. The standard InChI is InChI=1S/C14H16N6/c1-9(10-6-4-3-5-7-10)17-12-11-8-16-20-13(11)19-14(15-2)18-12/h3-9H,1-2H3,(H3,15,16,17,18,19,20). The minimum atomic E-state index is 0.147. The van der Waals surface area contributed by atoms with E-state index in [1.807, 2.05) is 18.2 Å². The number of anilines is 2. The molecule has 3 aromatic rings. The third-order valence-electron chi connectivity index (χ3n) is 3.19. The van der Waals surface area contributed by atoms with Crippen LogP contribution in [-0.2, 0) is 0 Å². The highest BCUT2D eigenvalue weighted by molar-refractivity contribution is 5.87. The lowest BCUT2D eigenvalue weighted by atomic mass is 10.1. The molecule has 2 aromatic heterocycles. The predicted molar refractivity (Wildman–Crippen MR) is 79.7 cm³/mol. The van der Waals surface area contributed by atoms with Crippen molar-refractivity contribution in [2.75, 3.05) is 17.7 Å². The predicted octanol–water partition coefficient (Wildman–Crippen LogP) is 2.57. The molecule has 0 bridgehead atoms. The Bertz CT molecular complexity index is 706. The summed E-state index contributed by atoms with van der Waals surface area (Å²) in [6.45, 7) is 2.10. The van der Waals surface area contributed by atoms with Crippen molar-refractivity contribution < 1.29 is 0 Å². The van der Waals surface area contributed by atoms with Crippen LogP contribution in [0.4, 0.5) is 11.8 Å². The van der Waals surface area contributed by atoms with Gasteiger partial charge in [0, 0.05) is 13.1 Å². The molecule has 0 aliphatic heterocycles. The monoisotopic (exact) mass is 268 g/mol. The number of aromatic amines is 1. The Morgan fingerprint density at radius 3 is 2.70 bits per heavy atom. The molecule has 0 aliphatic rings. The average molecular weight is 268 g/mol. The van der Waals surface area contributed by atoms with Gasteiger partial charge in [0.1, 0.15) is 5.82 Å². The van der Waals surface area contributed by atoms with Crippen LogP contribution in [0.25, 0.3) is 11.0 Å². The zero-order valence-corrected chi connectivity index (χ0v) is 11.4. The van der Waals surface area contributed by atoms with Gasteiger partial charge in [0.25, 0.3) is 0 Å². The number of benzene rings is 1. The van der Waals surface area contributed by atoms with Gasteiger partial charge in [-0.3, -0.25) is 5.10 Å². The zero-order valence-electron chi connectivity index (χ0n) is 11.4. The third kappa shape index (κ3) is 2.27. The van der Waals surface area contributed by atoms with Gasteiger partial charge in [-0.2, -0.15) is 15.1 Å². The van der Waals surface area contributed by atoms with Crippen molar-refractivity contribution in [2.45, 2.75) is 13.0 Å². The fourth-order valence-electron chi connectivity index (χ4n) is 2.09. The van der Waals surface area contributed by atoms with Crippen LogP contribution in [-0.4, -0.2) is 27.2 Å². The molecule has 0 spiro atoms. The second kappa shape index (κ2) is 5.16. The fraction of sp³-hybridized carbons (Fsp3) is 0.214. The lowest BCUT2D eigenvalue weighted by Gasteiger charge is -2.15. The molecule has 1 aromatic carbocycles. The van der Waals surface area contributed by atoms with E-state index in [2.05, 4.69) is 49.9 Å². The van der Waals surface area contributed by atoms with Crippen LogP contribution in [0.2, 0.25) is 0 Å². The number of nitrogens with one attached hydrogen (secondary N) is 3. The number of aromatic nitrogens is 4. The molecule has 2 heterocycles. The van der Waals surface area contributed by atoms with Crippen molar-refractivity contribution in [3.63, 3.8) is 0 Å². The van der Waals surface area contributed by atoms with Crippen molar-refractivity contribution in [3.05, 3.63) is 42.1 Å². The van der Waals surface area contributed by atoms with Gasteiger partial charge >= 0.3 is 0 Å². The maximum absolute atomic E-state index is 4.46. The molecule has 3 rings (SSSR count). The van der Waals surface area contributed by atoms with E-state index in [1.165, 1.54) is 5.56 Å². The molecule has 102 valence electrons. The minimum Gasteiger partial charge on any atom is -0.363 e. The van der Waals surface area contributed by atoms with E-state index in [4.69, 9.17) is 0 Å². The van der Waals surface area contributed by atoms with Crippen molar-refractivity contribution >= 4 is 22.8 Å². The number of fused-ring (bicyclic) bond motifs is 1. The van der Waals surface area contributed by atoms with Crippen LogP contribution >= 0.6 is 0 Å². The van der Waals surface area contributed by atoms with E-state index < -0.39 is 0 Å². The second-order valence-corrected chi connectivity index (χ2v) is 4.55. The summed E-state index contributed by atoms with van der Waals surface area (Å²) >= 11 is 0. The van der Waals surface area contributed by atoms with Crippen LogP contribution < -0.4 is 10.6 Å². The minimum absolute atomic E-state index is 0.147. The highest BCUT2D eigenvalue weighted by Gasteiger charge is 2.12. The molecule has 0 fully saturated rings. The number of hydrogen-bond donors (Lipinski definition) is 3. The molecule has 1 atom stereocenters. The Hall–Kier alpha value is -2.63. The van der Waals surface area contributed by atoms with Crippen LogP contribution in [0, 0.1) is 0 Å². The molecule has 20 heavy (non-hydrogen) atoms. The SMILES string of the molecule is CNc1nc(NC(C)c2ccccc2)c2cn[nH]c2n1. The highest BCUT2D eigenvalue weighted by atomic mass is 15.2. The Kier molecular flexibility index (Phi) is 3.20. The van der Waals surface area contributed by atoms with E-state index in [1.54, 1.807) is 13.2 Å². The van der Waals surface area contributed by atoms with Crippen LogP contribution in [0.5, 0.6) is 0 Å². The average Bonchev–Trinajstić information content (AvgIpc) is 2.96. The van der Waals surface area contributed by atoms with Crippen molar-refractivity contribution in [1.29, 1.82) is 0 Å². The first-order chi connectivity index (χ1) is 9.78. The number of rotatable bonds is 4. The van der Waals surface area contributed by atoms with E-state index in [0.717, 1.165) is 11.2 Å². The summed E-state index contributed by atoms with van der Waals surface area (Å²) in [4.78, 5) is 8.78. The summed E-state index contributed by atoms with van der Waals surface area (Å²) in [5.74, 6) is 1.33. The first-order valence-corrected chi connectivity index (χ1v) is 6.48. The van der Waals surface area contributed by atoms with Crippen LogP contribution in [0.15, 0.2) is 36.5 Å². The summed E-state index contributed by atoms with van der Waals surface area (Å²) in [7, 11) is 1.79. The molecule has 1 unspecified atom stereocenters. The van der Waals surface area contributed by atoms with E-state index in [9.17, 15) is 0 Å². The van der Waals surface area contributed by atoms with Gasteiger partial charge in [0.2, 0.25) is 5.95 Å². The quantitative estimate of drug-likeness (QED) is 0.677. The number of nitrogens with zero attached hydrogens (tertiary/aromatic N) is 3. The Balaban J connectivity index is 1.95. The van der Waals surface area contributed by atoms with Gasteiger partial charge in [-0.15, -0.1) is 0 Å². The molecule has 0 amide bonds. The Labute approximate surface area is 116 Å². The smallest absolute Gasteiger partial charge is 0.226 e. The zero-order chi connectivity index (χ0) is 13.9. The summed E-state index contributed by atoms with van der Waals surface area (Å²) in [5, 5.41) is 14.1. The van der Waals surface area contributed by atoms with Crippen molar-refractivity contribution in [1.82, 2.24) is 20.2 Å². The molecule has 0 radical (unpaired) electrons. The number of hydrogen-bond acceptors (Lipinski definition) is 5. The first kappa shape index (κ1) is 12.4. The van der Waals surface area contributed by atoms with Gasteiger partial charge < -0.3 is 10.6 Å². The Morgan fingerprint density at radius 2 is 1.95 bits per heavy atom. The fourth-order valence-corrected chi connectivity index (χ4v) is 2.09. The van der Waals surface area contributed by atoms with Gasteiger partial charge in [0.15, 0.2) is 5.65 Å². The lowest BCUT2D eigenvalue weighted by molar-refractivity contribution is 0.876. The van der Waals surface area contributed by atoms with Crippen LogP contribution in [0.1, 0.15) is 18.5 Å². The molecule has 3 N–H and O–H groups in total. The van der Waals surface area contributed by atoms with E-state index in [-0.39, 0.29) is 6.04 Å². The van der Waals surface area contributed by atoms with Gasteiger partial charge in [-0.1, -0.05) is 30.3 Å². The second-order valence-electron chi connectivity index (χ2n) is 4.55.